The molecule has 0 spiro atoms. The lowest BCUT2D eigenvalue weighted by molar-refractivity contribution is -0.115. The van der Waals surface area contributed by atoms with Gasteiger partial charge in [-0.15, -0.1) is 11.3 Å². The van der Waals surface area contributed by atoms with Gasteiger partial charge in [0.15, 0.2) is 23.0 Å². The molecule has 0 saturated carbocycles. The number of benzene rings is 7. The number of para-hydroxylation sites is 2. The Balaban J connectivity index is 0.000000200. The molecule has 0 bridgehead atoms. The Morgan fingerprint density at radius 3 is 1.44 bits per heavy atom. The van der Waals surface area contributed by atoms with Crippen molar-refractivity contribution in [1.82, 2.24) is 35.2 Å². The second-order valence-electron chi connectivity index (χ2n) is 38.3. The molecule has 8 aromatic heterocycles. The number of nitrogens with two attached hydrogens (primary N) is 1. The van der Waals surface area contributed by atoms with E-state index in [9.17, 15) is 18.0 Å². The van der Waals surface area contributed by atoms with Crippen molar-refractivity contribution in [3.63, 3.8) is 0 Å². The monoisotopic (exact) mass is 1850 g/mol. The first kappa shape index (κ1) is 107. The summed E-state index contributed by atoms with van der Waals surface area (Å²) in [5, 5.41) is 23.2. The summed E-state index contributed by atoms with van der Waals surface area (Å²) in [6.45, 7) is 61.4. The van der Waals surface area contributed by atoms with Crippen LogP contribution in [0.1, 0.15) is 335 Å². The zero-order chi connectivity index (χ0) is 97.8. The summed E-state index contributed by atoms with van der Waals surface area (Å²) in [5.41, 5.74) is 22.2. The molecule has 2 aliphatic rings. The van der Waals surface area contributed by atoms with Crippen LogP contribution in [0.3, 0.4) is 0 Å². The minimum Gasteiger partial charge on any atom is -0.463 e. The number of amides is 2. The van der Waals surface area contributed by atoms with Gasteiger partial charge in [-0.05, 0) is 197 Å². The summed E-state index contributed by atoms with van der Waals surface area (Å²) >= 11 is 0.941. The first-order chi connectivity index (χ1) is 62.0. The number of sulfonamides is 1. The number of aromatic nitrogens is 7. The number of oxazole rings is 1. The maximum Gasteiger partial charge on any atom is 0.335 e. The van der Waals surface area contributed by atoms with Crippen molar-refractivity contribution in [3.05, 3.63) is 295 Å². The number of nitrogens with one attached hydrogen (secondary N) is 4. The van der Waals surface area contributed by atoms with E-state index in [2.05, 4.69) is 310 Å². The fraction of sp³-hybridized carbons (Fsp3) is 0.398. The van der Waals surface area contributed by atoms with Gasteiger partial charge in [-0.1, -0.05) is 281 Å². The van der Waals surface area contributed by atoms with Crippen molar-refractivity contribution in [2.75, 3.05) is 10.6 Å². The number of hydrogen-bond donors (Lipinski definition) is 5. The minimum atomic E-state index is -3.59. The van der Waals surface area contributed by atoms with Crippen molar-refractivity contribution in [2.24, 2.45) is 5.14 Å². The highest BCUT2D eigenvalue weighted by Gasteiger charge is 2.24. The topological polar surface area (TPSA) is 314 Å². The number of furan rings is 2. The third kappa shape index (κ3) is 33.2. The number of rotatable bonds is 13. The number of fused-ring (bicyclic) bond motifs is 5. The average molecular weight is 1850 g/mol. The van der Waals surface area contributed by atoms with Crippen LogP contribution in [-0.4, -0.2) is 63.9 Å². The van der Waals surface area contributed by atoms with E-state index >= 15 is 0 Å². The Morgan fingerprint density at radius 1 is 0.455 bits per heavy atom. The van der Waals surface area contributed by atoms with Crippen LogP contribution in [0.5, 0.6) is 0 Å². The first-order valence-corrected chi connectivity index (χ1v) is 48.5. The standard InChI is InChI=1S/C14H20N2.C11H13NOS.2C11H13NO.C11H13N.C10H15NO2S.C10H11NO2.C10H11NO.C10H17NO.C10H14.O2S/c1-9(2)10-6-7-11-12(8-10)16-13(15-11)14(3,4)5;1-7(2)11-12-9(6-14-11)10-5-4-8(3)13-10;2*1-7(2)8-3-4-10-9(5-8)6-11(13)12-10;1-8(2)9-3-4-11-10(7-9)5-6-12-11;1-7(2)9-5-4-8(3)10(6-9)14(11,12)13;1-7(2)10-6-8(11-13-10)9-4-3-5-12-9;1-7(2)10-11-8-5-3-4-6-9(8)12-10;1-7(2)8-6-9(11-12-8)10(3,4)5;1-8(2)10-6-4-9(3)5-7-10;1-3-2/h6-9H,1-5H3,(H,15,16);4-7H,1-3H3;2*3-5,7H,6H2,1-2H3,(H,12,13);3-8,12H,1-2H3;4-7H,1-3H3,(H2,11,12,13);3-7H,1-2H3;3-7H,1-2H3;6-7H,1-5H3;4-8H,1-3H3;. The average Bonchev–Trinajstić information content (AvgIpc) is 1.51. The van der Waals surface area contributed by atoms with E-state index in [1.807, 2.05) is 111 Å². The van der Waals surface area contributed by atoms with Gasteiger partial charge in [0, 0.05) is 75.1 Å². The van der Waals surface area contributed by atoms with Crippen molar-refractivity contribution in [3.8, 4) is 22.9 Å². The van der Waals surface area contributed by atoms with E-state index in [1.165, 1.54) is 44.3 Å². The van der Waals surface area contributed by atoms with E-state index in [0.29, 0.717) is 77.6 Å². The summed E-state index contributed by atoms with van der Waals surface area (Å²) in [6, 6.07) is 61.0. The molecular weight excluding hydrogens is 1710 g/mol. The van der Waals surface area contributed by atoms with Gasteiger partial charge >= 0.3 is 11.6 Å². The normalized spacial score (nSPS) is 12.0. The van der Waals surface area contributed by atoms with Gasteiger partial charge in [-0.25, -0.2) is 28.5 Å². The number of aromatic amines is 2. The number of carbonyl (C=O) groups excluding carboxylic acids is 2. The molecule has 0 radical (unpaired) electrons. The number of hydrogen-bond acceptors (Lipinski definition) is 17. The highest BCUT2D eigenvalue weighted by molar-refractivity contribution is 7.89. The van der Waals surface area contributed by atoms with E-state index in [1.54, 1.807) is 36.7 Å². The number of nitrogens with zero attached hydrogens (tertiary/aromatic N) is 5. The second kappa shape index (κ2) is 49.7. The smallest absolute Gasteiger partial charge is 0.335 e. The van der Waals surface area contributed by atoms with Gasteiger partial charge in [0.2, 0.25) is 21.8 Å². The molecule has 2 aliphatic heterocycles. The highest BCUT2D eigenvalue weighted by atomic mass is 32.2. The molecule has 7 aromatic carbocycles. The highest BCUT2D eigenvalue weighted by Crippen LogP contribution is 2.34. The first-order valence-electron chi connectivity index (χ1n) is 45.4. The predicted molar refractivity (Wildman–Crippen MR) is 542 cm³/mol. The number of imidazole rings is 1. The van der Waals surface area contributed by atoms with Crippen LogP contribution in [-0.2, 0) is 54.9 Å². The van der Waals surface area contributed by atoms with Gasteiger partial charge in [-0.2, -0.15) is 8.42 Å². The minimum absolute atomic E-state index is 0.0804. The molecule has 706 valence electrons. The molecule has 6 N–H and O–H groups in total. The number of thiazole rings is 1. The van der Waals surface area contributed by atoms with Crippen LogP contribution in [0.15, 0.2) is 227 Å². The van der Waals surface area contributed by atoms with Crippen molar-refractivity contribution < 1.29 is 48.7 Å². The summed E-state index contributed by atoms with van der Waals surface area (Å²) in [4.78, 5) is 42.5. The third-order valence-electron chi connectivity index (χ3n) is 21.4. The third-order valence-corrected chi connectivity index (χ3v) is 23.6. The van der Waals surface area contributed by atoms with Gasteiger partial charge in [0.25, 0.3) is 0 Å². The number of aryl methyl sites for hydroxylation is 3. The number of primary sulfonamides is 1. The summed E-state index contributed by atoms with van der Waals surface area (Å²) in [7, 11) is -3.59. The van der Waals surface area contributed by atoms with Gasteiger partial charge in [0.05, 0.1) is 45.7 Å². The SMILES string of the molecule is CC(C)c1cc(-c2ccco2)no1.CC(C)c1cc(C(C)(C)C)no1.CC(C)c1ccc2[nH]ccc2c1.CC(C)c1ccc2c(c1)CC(=O)N2.CC(C)c1ccc2c(c1)CC(=O)N2.CC(C)c1ccc2nc(C(C)(C)C)[nH]c2c1.CC(C)c1nc2ccccc2o1.Cc1ccc(-c2csc(C(C)C)n2)o1.Cc1ccc(C(C)C)cc1.Cc1ccc(C(C)C)cc1S(N)(=O)=O.O=S=O. The molecule has 0 unspecified atom stereocenters. The van der Waals surface area contributed by atoms with E-state index in [-0.39, 0.29) is 27.5 Å². The number of carbonyl (C=O) groups is 2. The molecule has 10 heterocycles. The van der Waals surface area contributed by atoms with Crippen molar-refractivity contribution >= 4 is 89.2 Å². The van der Waals surface area contributed by atoms with Crippen LogP contribution in [0.4, 0.5) is 11.4 Å². The Labute approximate surface area is 790 Å². The van der Waals surface area contributed by atoms with Crippen LogP contribution in [0, 0.1) is 20.8 Å². The Bertz CT molecular complexity index is 6150. The van der Waals surface area contributed by atoms with Crippen LogP contribution in [0.2, 0.25) is 0 Å². The molecule has 17 rings (SSSR count). The summed E-state index contributed by atoms with van der Waals surface area (Å²) in [5.74, 6) is 11.3. The zero-order valence-electron chi connectivity index (χ0n) is 82.8. The van der Waals surface area contributed by atoms with Gasteiger partial charge in [0.1, 0.15) is 40.0 Å². The quantitative estimate of drug-likeness (QED) is 0.0716. The van der Waals surface area contributed by atoms with Crippen LogP contribution >= 0.6 is 11.3 Å². The number of anilines is 2. The van der Waals surface area contributed by atoms with Gasteiger partial charge < -0.3 is 42.9 Å². The maximum absolute atomic E-state index is 11.2. The fourth-order valence-corrected chi connectivity index (χ4v) is 14.7. The zero-order valence-corrected chi connectivity index (χ0v) is 85.2. The number of H-pyrrole nitrogens is 2. The summed E-state index contributed by atoms with van der Waals surface area (Å²) in [6.07, 6.45) is 4.68. The Morgan fingerprint density at radius 2 is 0.970 bits per heavy atom. The van der Waals surface area contributed by atoms with Gasteiger partial charge in [-0.3, -0.25) is 9.59 Å². The lowest BCUT2D eigenvalue weighted by Crippen LogP contribution is -2.14. The molecule has 21 nitrogen and oxygen atoms in total. The van der Waals surface area contributed by atoms with Crippen LogP contribution < -0.4 is 15.8 Å². The Kier molecular flexibility index (Phi) is 40.4. The molecule has 15 aromatic rings. The Hall–Kier alpha value is -11.7. The van der Waals surface area contributed by atoms with E-state index in [4.69, 9.17) is 35.9 Å². The largest absolute Gasteiger partial charge is 0.463 e. The lowest BCUT2D eigenvalue weighted by Gasteiger charge is -2.13. The molecular formula is C108H140N10O11S3. The second-order valence-corrected chi connectivity index (χ2v) is 40.8. The van der Waals surface area contributed by atoms with Crippen molar-refractivity contribution in [2.45, 2.75) is 289 Å². The maximum atomic E-state index is 11.2. The molecule has 0 fully saturated rings. The van der Waals surface area contributed by atoms with Crippen molar-refractivity contribution in [1.29, 1.82) is 0 Å². The molecule has 0 atom stereocenters. The van der Waals surface area contributed by atoms with E-state index in [0.717, 1.165) is 113 Å². The molecule has 0 aliphatic carbocycles. The van der Waals surface area contributed by atoms with Crippen LogP contribution in [0.25, 0.3) is 55.9 Å². The summed E-state index contributed by atoms with van der Waals surface area (Å²) < 4.78 is 65.6. The lowest BCUT2D eigenvalue weighted by atomic mass is 9.92. The molecule has 132 heavy (non-hydrogen) atoms. The predicted octanol–water partition coefficient (Wildman–Crippen LogP) is 29.0. The fourth-order valence-electron chi connectivity index (χ4n) is 13.0. The van der Waals surface area contributed by atoms with E-state index < -0.39 is 21.6 Å². The molecule has 0 saturated heterocycles. The molecule has 2 amide bonds. The molecule has 24 heteroatoms.